The summed E-state index contributed by atoms with van der Waals surface area (Å²) >= 11 is 0. The summed E-state index contributed by atoms with van der Waals surface area (Å²) in [6, 6.07) is 10.2. The van der Waals surface area contributed by atoms with Gasteiger partial charge in [-0.3, -0.25) is 9.69 Å². The summed E-state index contributed by atoms with van der Waals surface area (Å²) in [7, 11) is 1.53. The van der Waals surface area contributed by atoms with Crippen LogP contribution >= 0.6 is 0 Å². The van der Waals surface area contributed by atoms with Gasteiger partial charge in [-0.1, -0.05) is 18.2 Å². The molecule has 0 amide bonds. The van der Waals surface area contributed by atoms with E-state index < -0.39 is 29.7 Å². The molecule has 0 saturated carbocycles. The number of carboxylic acid groups (broad SMARTS) is 1. The van der Waals surface area contributed by atoms with Crippen LogP contribution in [0.5, 0.6) is 11.5 Å². The predicted octanol–water partition coefficient (Wildman–Crippen LogP) is 5.00. The molecule has 0 aromatic heterocycles. The van der Waals surface area contributed by atoms with Gasteiger partial charge in [0.2, 0.25) is 0 Å². The van der Waals surface area contributed by atoms with E-state index in [0.29, 0.717) is 49.6 Å². The molecule has 0 bridgehead atoms. The van der Waals surface area contributed by atoms with Crippen molar-refractivity contribution in [2.75, 3.05) is 26.8 Å². The Morgan fingerprint density at radius 1 is 1.13 bits per heavy atom. The minimum atomic E-state index is -4.45. The molecular weight excluding hydrogens is 411 g/mol. The number of ether oxygens (including phenoxy) is 2. The number of rotatable bonds is 7. The van der Waals surface area contributed by atoms with Crippen LogP contribution in [0, 0.1) is 5.92 Å². The number of methoxy groups -OCH3 is 1. The molecule has 8 heteroatoms. The number of carbonyl (C=O) groups is 1. The van der Waals surface area contributed by atoms with Gasteiger partial charge in [-0.05, 0) is 68.2 Å². The summed E-state index contributed by atoms with van der Waals surface area (Å²) in [4.78, 5) is 13.4. The number of carboxylic acids is 1. The zero-order valence-corrected chi connectivity index (χ0v) is 17.5. The van der Waals surface area contributed by atoms with Crippen molar-refractivity contribution < 1.29 is 32.5 Å². The predicted molar refractivity (Wildman–Crippen MR) is 109 cm³/mol. The molecule has 5 nitrogen and oxygen atoms in total. The van der Waals surface area contributed by atoms with Crippen LogP contribution in [-0.4, -0.2) is 42.8 Å². The first kappa shape index (κ1) is 22.9. The number of benzene rings is 2. The van der Waals surface area contributed by atoms with Crippen molar-refractivity contribution in [1.29, 1.82) is 0 Å². The maximum Gasteiger partial charge on any atom is 0.416 e. The van der Waals surface area contributed by atoms with E-state index in [1.54, 1.807) is 18.2 Å². The number of halogens is 3. The van der Waals surface area contributed by atoms with Crippen LogP contribution in [0.4, 0.5) is 13.2 Å². The molecule has 168 valence electrons. The number of hydrogen-bond acceptors (Lipinski definition) is 4. The molecule has 0 aliphatic carbocycles. The molecule has 3 rings (SSSR count). The normalized spacial score (nSPS) is 16.7. The number of likely N-dealkylation sites (tertiary alicyclic amines) is 1. The van der Waals surface area contributed by atoms with Gasteiger partial charge in [-0.15, -0.1) is 0 Å². The lowest BCUT2D eigenvalue weighted by molar-refractivity contribution is -0.143. The smallest absolute Gasteiger partial charge is 0.416 e. The molecule has 1 aliphatic heterocycles. The number of alkyl halides is 3. The first-order valence-corrected chi connectivity index (χ1v) is 10.2. The highest BCUT2D eigenvalue weighted by Gasteiger charge is 2.34. The Balaban J connectivity index is 2.04. The molecule has 0 radical (unpaired) electrons. The van der Waals surface area contributed by atoms with Crippen molar-refractivity contribution in [2.45, 2.75) is 32.0 Å². The third-order valence-electron chi connectivity index (χ3n) is 5.58. The average molecular weight is 437 g/mol. The zero-order chi connectivity index (χ0) is 22.6. The fraction of sp³-hybridized carbons (Fsp3) is 0.435. The number of nitrogens with zero attached hydrogens (tertiary/aromatic N) is 1. The minimum absolute atomic E-state index is 0.415. The van der Waals surface area contributed by atoms with E-state index in [0.717, 1.165) is 11.6 Å². The van der Waals surface area contributed by atoms with Crippen LogP contribution in [0.15, 0.2) is 42.5 Å². The molecule has 1 atom stereocenters. The Labute approximate surface area is 179 Å². The van der Waals surface area contributed by atoms with Crippen LogP contribution in [0.25, 0.3) is 0 Å². The van der Waals surface area contributed by atoms with Crippen LogP contribution in [-0.2, 0) is 11.0 Å². The lowest BCUT2D eigenvalue weighted by Gasteiger charge is -2.37. The Hall–Kier alpha value is -2.74. The summed E-state index contributed by atoms with van der Waals surface area (Å²) in [5.74, 6) is -0.218. The van der Waals surface area contributed by atoms with E-state index in [-0.39, 0.29) is 0 Å². The fourth-order valence-electron chi connectivity index (χ4n) is 4.04. The van der Waals surface area contributed by atoms with Crippen LogP contribution in [0.1, 0.15) is 42.5 Å². The highest BCUT2D eigenvalue weighted by molar-refractivity contribution is 5.70. The number of aliphatic carboxylic acids is 1. The topological polar surface area (TPSA) is 59.0 Å². The first-order chi connectivity index (χ1) is 14.7. The molecule has 0 spiro atoms. The van der Waals surface area contributed by atoms with Crippen molar-refractivity contribution >= 4 is 5.97 Å². The highest BCUT2D eigenvalue weighted by Crippen LogP contribution is 2.39. The SMILES string of the molecule is CCOc1cc(C(c2cccc(C(F)(F)F)c2)N2CCC(C(=O)O)CC2)ccc1OC. The van der Waals surface area contributed by atoms with Crippen molar-refractivity contribution in [3.63, 3.8) is 0 Å². The molecule has 2 aromatic rings. The van der Waals surface area contributed by atoms with E-state index in [4.69, 9.17) is 9.47 Å². The van der Waals surface area contributed by atoms with Crippen LogP contribution in [0.2, 0.25) is 0 Å². The maximum atomic E-state index is 13.4. The Bertz CT molecular complexity index is 908. The lowest BCUT2D eigenvalue weighted by Crippen LogP contribution is -2.39. The average Bonchev–Trinajstić information content (AvgIpc) is 2.74. The third kappa shape index (κ3) is 5.31. The molecular formula is C23H26F3NO4. The number of hydrogen-bond donors (Lipinski definition) is 1. The first-order valence-electron chi connectivity index (χ1n) is 10.2. The van der Waals surface area contributed by atoms with Gasteiger partial charge in [0.25, 0.3) is 0 Å². The second-order valence-corrected chi connectivity index (χ2v) is 7.52. The van der Waals surface area contributed by atoms with Gasteiger partial charge in [0.05, 0.1) is 31.2 Å². The zero-order valence-electron chi connectivity index (χ0n) is 17.5. The summed E-state index contributed by atoms with van der Waals surface area (Å²) < 4.78 is 51.1. The second kappa shape index (κ2) is 9.60. The molecule has 1 saturated heterocycles. The van der Waals surface area contributed by atoms with Gasteiger partial charge >= 0.3 is 12.1 Å². The van der Waals surface area contributed by atoms with Gasteiger partial charge < -0.3 is 14.6 Å². The van der Waals surface area contributed by atoms with Crippen LogP contribution < -0.4 is 9.47 Å². The van der Waals surface area contributed by atoms with Gasteiger partial charge in [-0.25, -0.2) is 0 Å². The molecule has 1 heterocycles. The Morgan fingerprint density at radius 2 is 1.81 bits per heavy atom. The highest BCUT2D eigenvalue weighted by atomic mass is 19.4. The molecule has 31 heavy (non-hydrogen) atoms. The van der Waals surface area contributed by atoms with E-state index in [1.165, 1.54) is 19.2 Å². The van der Waals surface area contributed by atoms with E-state index in [9.17, 15) is 23.1 Å². The van der Waals surface area contributed by atoms with Crippen LogP contribution in [0.3, 0.4) is 0 Å². The molecule has 1 aliphatic rings. The van der Waals surface area contributed by atoms with Crippen molar-refractivity contribution in [3.8, 4) is 11.5 Å². The molecule has 1 unspecified atom stereocenters. The van der Waals surface area contributed by atoms with Crippen molar-refractivity contribution in [2.24, 2.45) is 5.92 Å². The molecule has 1 N–H and O–H groups in total. The van der Waals surface area contributed by atoms with Gasteiger partial charge in [0.15, 0.2) is 11.5 Å². The van der Waals surface area contributed by atoms with E-state index in [2.05, 4.69) is 0 Å². The maximum absolute atomic E-state index is 13.4. The van der Waals surface area contributed by atoms with E-state index in [1.807, 2.05) is 17.9 Å². The molecule has 2 aromatic carbocycles. The Kier molecular flexibility index (Phi) is 7.10. The minimum Gasteiger partial charge on any atom is -0.493 e. The standard InChI is InChI=1S/C23H26F3NO4/c1-3-31-20-14-17(7-8-19(20)30-2)21(27-11-9-15(10-12-27)22(28)29)16-5-4-6-18(13-16)23(24,25)26/h4-8,13-15,21H,3,9-12H2,1-2H3,(H,28,29). The second-order valence-electron chi connectivity index (χ2n) is 7.52. The monoisotopic (exact) mass is 437 g/mol. The van der Waals surface area contributed by atoms with Gasteiger partial charge in [-0.2, -0.15) is 13.2 Å². The number of piperidine rings is 1. The lowest BCUT2D eigenvalue weighted by atomic mass is 9.90. The summed E-state index contributed by atoms with van der Waals surface area (Å²) in [6.07, 6.45) is -3.56. The van der Waals surface area contributed by atoms with Gasteiger partial charge in [0, 0.05) is 0 Å². The van der Waals surface area contributed by atoms with E-state index >= 15 is 0 Å². The summed E-state index contributed by atoms with van der Waals surface area (Å²) in [6.45, 7) is 3.19. The summed E-state index contributed by atoms with van der Waals surface area (Å²) in [5.41, 5.74) is 0.544. The van der Waals surface area contributed by atoms with Gasteiger partial charge in [0.1, 0.15) is 0 Å². The van der Waals surface area contributed by atoms with Crippen molar-refractivity contribution in [1.82, 2.24) is 4.90 Å². The third-order valence-corrected chi connectivity index (χ3v) is 5.58. The fourth-order valence-corrected chi connectivity index (χ4v) is 4.04. The van der Waals surface area contributed by atoms with Crippen molar-refractivity contribution in [3.05, 3.63) is 59.2 Å². The quantitative estimate of drug-likeness (QED) is 0.661. The summed E-state index contributed by atoms with van der Waals surface area (Å²) in [5, 5.41) is 9.30. The largest absolute Gasteiger partial charge is 0.493 e. The Morgan fingerprint density at radius 3 is 2.39 bits per heavy atom. The molecule has 1 fully saturated rings.